The quantitative estimate of drug-likeness (QED) is 0.591. The molecule has 2 aromatic rings. The maximum absolute atomic E-state index is 2.71. The molecule has 0 unspecified atom stereocenters. The molecule has 0 N–H and O–H groups in total. The molecule has 6 rings (SSSR count). The van der Waals surface area contributed by atoms with Crippen LogP contribution >= 0.6 is 0 Å². The van der Waals surface area contributed by atoms with Gasteiger partial charge in [0.15, 0.2) is 0 Å². The molecule has 0 atom stereocenters. The van der Waals surface area contributed by atoms with Crippen molar-refractivity contribution in [2.24, 2.45) is 23.7 Å². The first kappa shape index (κ1) is 16.4. The van der Waals surface area contributed by atoms with Crippen LogP contribution in [0.25, 0.3) is 0 Å². The van der Waals surface area contributed by atoms with E-state index in [1.165, 1.54) is 49.0 Å². The Bertz CT molecular complexity index is 717. The van der Waals surface area contributed by atoms with Crippen molar-refractivity contribution in [3.05, 3.63) is 60.2 Å². The second-order valence-electron chi connectivity index (χ2n) is 9.37. The standard InChI is InChI=1S/C25H31N/c1-17(2)20-8-10-24(11-9-20)26(23-6-4-3-5-7-23)25-21-13-18-12-19(15-21)16-22(25)14-18/h3-11,17-19,21-22,25H,12-16H2,1-2H3. The van der Waals surface area contributed by atoms with Gasteiger partial charge in [-0.3, -0.25) is 0 Å². The fraction of sp³-hybridized carbons (Fsp3) is 0.520. The number of hydrogen-bond donors (Lipinski definition) is 0. The smallest absolute Gasteiger partial charge is 0.0413 e. The Hall–Kier alpha value is -1.76. The zero-order valence-electron chi connectivity index (χ0n) is 16.1. The van der Waals surface area contributed by atoms with E-state index in [2.05, 4.69) is 73.3 Å². The van der Waals surface area contributed by atoms with Crippen molar-refractivity contribution in [1.29, 1.82) is 0 Å². The molecule has 4 saturated carbocycles. The molecule has 4 bridgehead atoms. The lowest BCUT2D eigenvalue weighted by Crippen LogP contribution is -2.54. The topological polar surface area (TPSA) is 3.24 Å². The number of anilines is 2. The monoisotopic (exact) mass is 345 g/mol. The van der Waals surface area contributed by atoms with E-state index in [0.717, 1.165) is 23.7 Å². The van der Waals surface area contributed by atoms with E-state index in [-0.39, 0.29) is 0 Å². The number of benzene rings is 2. The molecule has 0 radical (unpaired) electrons. The van der Waals surface area contributed by atoms with Crippen LogP contribution in [0.5, 0.6) is 0 Å². The lowest BCUT2D eigenvalue weighted by Gasteiger charge is -2.57. The number of nitrogens with zero attached hydrogens (tertiary/aromatic N) is 1. The van der Waals surface area contributed by atoms with E-state index in [4.69, 9.17) is 0 Å². The summed E-state index contributed by atoms with van der Waals surface area (Å²) < 4.78 is 0. The number of para-hydroxylation sites is 1. The van der Waals surface area contributed by atoms with Crippen molar-refractivity contribution in [1.82, 2.24) is 0 Å². The van der Waals surface area contributed by atoms with Crippen molar-refractivity contribution >= 4 is 11.4 Å². The highest BCUT2D eigenvalue weighted by atomic mass is 15.2. The maximum atomic E-state index is 2.71. The summed E-state index contributed by atoms with van der Waals surface area (Å²) in [5.41, 5.74) is 4.20. The molecule has 1 heteroatoms. The first-order valence-electron chi connectivity index (χ1n) is 10.6. The zero-order valence-corrected chi connectivity index (χ0v) is 16.1. The van der Waals surface area contributed by atoms with Gasteiger partial charge in [-0.05, 0) is 91.5 Å². The van der Waals surface area contributed by atoms with Gasteiger partial charge in [-0.25, -0.2) is 0 Å². The summed E-state index contributed by atoms with van der Waals surface area (Å²) in [5.74, 6) is 4.41. The van der Waals surface area contributed by atoms with Gasteiger partial charge in [0.25, 0.3) is 0 Å². The molecular weight excluding hydrogens is 314 g/mol. The molecule has 2 aromatic carbocycles. The Morgan fingerprint density at radius 1 is 0.692 bits per heavy atom. The largest absolute Gasteiger partial charge is 0.338 e. The van der Waals surface area contributed by atoms with Crippen molar-refractivity contribution < 1.29 is 0 Å². The van der Waals surface area contributed by atoms with Gasteiger partial charge in [-0.1, -0.05) is 44.2 Å². The Morgan fingerprint density at radius 3 is 1.77 bits per heavy atom. The summed E-state index contributed by atoms with van der Waals surface area (Å²) in [6, 6.07) is 21.2. The molecule has 4 aliphatic rings. The molecule has 0 aromatic heterocycles. The molecule has 4 fully saturated rings. The van der Waals surface area contributed by atoms with E-state index in [9.17, 15) is 0 Å². The van der Waals surface area contributed by atoms with Crippen LogP contribution in [-0.4, -0.2) is 6.04 Å². The van der Waals surface area contributed by atoms with Gasteiger partial charge in [0.2, 0.25) is 0 Å². The molecule has 136 valence electrons. The third-order valence-corrected chi connectivity index (χ3v) is 7.35. The normalized spacial score (nSPS) is 32.2. The minimum Gasteiger partial charge on any atom is -0.338 e. The third kappa shape index (κ3) is 2.76. The van der Waals surface area contributed by atoms with E-state index in [1.54, 1.807) is 0 Å². The summed E-state index contributed by atoms with van der Waals surface area (Å²) in [7, 11) is 0. The molecular formula is C25H31N. The van der Waals surface area contributed by atoms with Gasteiger partial charge in [0.05, 0.1) is 0 Å². The molecule has 26 heavy (non-hydrogen) atoms. The highest BCUT2D eigenvalue weighted by molar-refractivity contribution is 5.65. The molecule has 0 amide bonds. The third-order valence-electron chi connectivity index (χ3n) is 7.35. The fourth-order valence-corrected chi connectivity index (χ4v) is 6.42. The predicted octanol–water partition coefficient (Wildman–Crippen LogP) is 6.77. The maximum Gasteiger partial charge on any atom is 0.0413 e. The Kier molecular flexibility index (Phi) is 4.07. The molecule has 0 saturated heterocycles. The zero-order chi connectivity index (χ0) is 17.7. The van der Waals surface area contributed by atoms with Crippen molar-refractivity contribution in [2.45, 2.75) is 57.9 Å². The minimum atomic E-state index is 0.593. The molecule has 1 nitrogen and oxygen atoms in total. The fourth-order valence-electron chi connectivity index (χ4n) is 6.42. The van der Waals surface area contributed by atoms with Gasteiger partial charge in [-0.2, -0.15) is 0 Å². The van der Waals surface area contributed by atoms with Crippen LogP contribution in [0, 0.1) is 23.7 Å². The minimum absolute atomic E-state index is 0.593. The average Bonchev–Trinajstić information content (AvgIpc) is 2.65. The summed E-state index contributed by atoms with van der Waals surface area (Å²) in [4.78, 5) is 2.71. The Morgan fingerprint density at radius 2 is 1.23 bits per heavy atom. The average molecular weight is 346 g/mol. The van der Waals surface area contributed by atoms with Crippen LogP contribution in [0.1, 0.15) is 57.4 Å². The van der Waals surface area contributed by atoms with Crippen LogP contribution in [0.4, 0.5) is 11.4 Å². The molecule has 0 heterocycles. The first-order valence-corrected chi connectivity index (χ1v) is 10.6. The van der Waals surface area contributed by atoms with E-state index < -0.39 is 0 Å². The van der Waals surface area contributed by atoms with Crippen molar-refractivity contribution in [3.63, 3.8) is 0 Å². The summed E-state index contributed by atoms with van der Waals surface area (Å²) in [5, 5.41) is 0. The van der Waals surface area contributed by atoms with Crippen LogP contribution in [0.15, 0.2) is 54.6 Å². The Balaban J connectivity index is 1.55. The highest BCUT2D eigenvalue weighted by Crippen LogP contribution is 2.56. The van der Waals surface area contributed by atoms with Crippen LogP contribution in [0.2, 0.25) is 0 Å². The molecule has 4 aliphatic carbocycles. The van der Waals surface area contributed by atoms with Gasteiger partial charge >= 0.3 is 0 Å². The van der Waals surface area contributed by atoms with E-state index >= 15 is 0 Å². The molecule has 0 spiro atoms. The summed E-state index contributed by atoms with van der Waals surface area (Å²) >= 11 is 0. The van der Waals surface area contributed by atoms with Gasteiger partial charge in [0.1, 0.15) is 0 Å². The number of hydrogen-bond acceptors (Lipinski definition) is 1. The van der Waals surface area contributed by atoms with Gasteiger partial charge in [-0.15, -0.1) is 0 Å². The summed E-state index contributed by atoms with van der Waals surface area (Å²) in [6.45, 7) is 4.56. The van der Waals surface area contributed by atoms with Crippen LogP contribution < -0.4 is 4.90 Å². The second kappa shape index (κ2) is 6.44. The lowest BCUT2D eigenvalue weighted by atomic mass is 9.53. The lowest BCUT2D eigenvalue weighted by molar-refractivity contribution is 0.000530. The second-order valence-corrected chi connectivity index (χ2v) is 9.37. The van der Waals surface area contributed by atoms with Crippen LogP contribution in [-0.2, 0) is 0 Å². The van der Waals surface area contributed by atoms with Gasteiger partial charge in [0, 0.05) is 17.4 Å². The predicted molar refractivity (Wildman–Crippen MR) is 110 cm³/mol. The number of rotatable bonds is 4. The Labute approximate surface area is 158 Å². The van der Waals surface area contributed by atoms with Crippen LogP contribution in [0.3, 0.4) is 0 Å². The van der Waals surface area contributed by atoms with E-state index in [1.807, 2.05) is 0 Å². The first-order chi connectivity index (χ1) is 12.7. The SMILES string of the molecule is CC(C)c1ccc(N(c2ccccc2)C2C3CC4CC(C3)CC2C4)cc1. The van der Waals surface area contributed by atoms with Crippen molar-refractivity contribution in [3.8, 4) is 0 Å². The summed E-state index contributed by atoms with van der Waals surface area (Å²) in [6.07, 6.45) is 7.38. The molecule has 0 aliphatic heterocycles. The van der Waals surface area contributed by atoms with E-state index in [0.29, 0.717) is 12.0 Å². The van der Waals surface area contributed by atoms with Crippen molar-refractivity contribution in [2.75, 3.05) is 4.90 Å². The van der Waals surface area contributed by atoms with Gasteiger partial charge < -0.3 is 4.90 Å². The highest BCUT2D eigenvalue weighted by Gasteiger charge is 2.50.